The Kier molecular flexibility index (Phi) is 3.42. The molecule has 1 nitrogen and oxygen atoms in total. The maximum Gasteiger partial charge on any atom is 0.416 e. The molecule has 0 N–H and O–H groups in total. The van der Waals surface area contributed by atoms with E-state index in [0.717, 1.165) is 17.7 Å². The smallest absolute Gasteiger partial charge is 0.298 e. The van der Waals surface area contributed by atoms with E-state index in [1.807, 2.05) is 6.92 Å². The van der Waals surface area contributed by atoms with Gasteiger partial charge in [0.15, 0.2) is 6.29 Å². The second-order valence-corrected chi connectivity index (χ2v) is 4.28. The molecule has 2 rings (SSSR count). The van der Waals surface area contributed by atoms with Crippen molar-refractivity contribution < 1.29 is 18.0 Å². The van der Waals surface area contributed by atoms with Crippen LogP contribution in [0.5, 0.6) is 0 Å². The summed E-state index contributed by atoms with van der Waals surface area (Å²) in [7, 11) is 0. The average Bonchev–Trinajstić information content (AvgIpc) is 2.38. The third-order valence-electron chi connectivity index (χ3n) is 2.86. The highest BCUT2D eigenvalue weighted by atomic mass is 19.4. The minimum Gasteiger partial charge on any atom is -0.298 e. The van der Waals surface area contributed by atoms with Crippen LogP contribution in [-0.2, 0) is 6.18 Å². The van der Waals surface area contributed by atoms with Crippen LogP contribution < -0.4 is 0 Å². The SMILES string of the molecule is Cc1ccc(C=O)c(-c2ccc(C(F)(F)F)cc2)c1. The van der Waals surface area contributed by atoms with E-state index in [1.165, 1.54) is 12.1 Å². The molecule has 0 saturated carbocycles. The lowest BCUT2D eigenvalue weighted by Gasteiger charge is -2.09. The highest BCUT2D eigenvalue weighted by Crippen LogP contribution is 2.31. The zero-order chi connectivity index (χ0) is 14.0. The molecule has 0 aromatic heterocycles. The fourth-order valence-electron chi connectivity index (χ4n) is 1.86. The fraction of sp³-hybridized carbons (Fsp3) is 0.133. The number of hydrogen-bond acceptors (Lipinski definition) is 1. The van der Waals surface area contributed by atoms with E-state index >= 15 is 0 Å². The molecule has 0 aliphatic heterocycles. The van der Waals surface area contributed by atoms with Crippen molar-refractivity contribution in [3.8, 4) is 11.1 Å². The number of halogens is 3. The van der Waals surface area contributed by atoms with Crippen LogP contribution in [0, 0.1) is 6.92 Å². The van der Waals surface area contributed by atoms with Gasteiger partial charge in [-0.25, -0.2) is 0 Å². The van der Waals surface area contributed by atoms with Gasteiger partial charge >= 0.3 is 6.18 Å². The number of aldehydes is 1. The van der Waals surface area contributed by atoms with Gasteiger partial charge in [-0.1, -0.05) is 35.9 Å². The summed E-state index contributed by atoms with van der Waals surface area (Å²) in [6.07, 6.45) is -3.65. The normalized spacial score (nSPS) is 11.4. The predicted molar refractivity (Wildman–Crippen MR) is 67.0 cm³/mol. The van der Waals surface area contributed by atoms with E-state index in [1.54, 1.807) is 18.2 Å². The first kappa shape index (κ1) is 13.3. The Hall–Kier alpha value is -2.10. The lowest BCUT2D eigenvalue weighted by atomic mass is 9.97. The maximum atomic E-state index is 12.5. The van der Waals surface area contributed by atoms with Crippen LogP contribution in [-0.4, -0.2) is 6.29 Å². The molecule has 4 heteroatoms. The summed E-state index contributed by atoms with van der Waals surface area (Å²) < 4.78 is 37.4. The van der Waals surface area contributed by atoms with Crippen LogP contribution in [0.1, 0.15) is 21.5 Å². The minimum absolute atomic E-state index is 0.463. The first-order valence-corrected chi connectivity index (χ1v) is 5.65. The number of carbonyl (C=O) groups is 1. The fourth-order valence-corrected chi connectivity index (χ4v) is 1.86. The van der Waals surface area contributed by atoms with E-state index < -0.39 is 11.7 Å². The van der Waals surface area contributed by atoms with Gasteiger partial charge in [0.2, 0.25) is 0 Å². The third kappa shape index (κ3) is 2.84. The Morgan fingerprint density at radius 2 is 1.63 bits per heavy atom. The second-order valence-electron chi connectivity index (χ2n) is 4.28. The quantitative estimate of drug-likeness (QED) is 0.730. The van der Waals surface area contributed by atoms with Gasteiger partial charge in [-0.05, 0) is 30.2 Å². The van der Waals surface area contributed by atoms with Crippen LogP contribution in [0.25, 0.3) is 11.1 Å². The number of aryl methyl sites for hydroxylation is 1. The molecule has 0 fully saturated rings. The summed E-state index contributed by atoms with van der Waals surface area (Å²) in [6, 6.07) is 10.0. The molecule has 0 radical (unpaired) electrons. The van der Waals surface area contributed by atoms with Crippen LogP contribution in [0.3, 0.4) is 0 Å². The van der Waals surface area contributed by atoms with Crippen LogP contribution >= 0.6 is 0 Å². The molecule has 2 aromatic rings. The molecule has 19 heavy (non-hydrogen) atoms. The van der Waals surface area contributed by atoms with E-state index in [2.05, 4.69) is 0 Å². The Balaban J connectivity index is 2.48. The predicted octanol–water partition coefficient (Wildman–Crippen LogP) is 4.49. The Labute approximate surface area is 108 Å². The van der Waals surface area contributed by atoms with Gasteiger partial charge in [0, 0.05) is 5.56 Å². The first-order chi connectivity index (χ1) is 8.91. The lowest BCUT2D eigenvalue weighted by molar-refractivity contribution is -0.137. The minimum atomic E-state index is -4.35. The molecule has 98 valence electrons. The molecule has 0 saturated heterocycles. The van der Waals surface area contributed by atoms with Crippen molar-refractivity contribution >= 4 is 6.29 Å². The van der Waals surface area contributed by atoms with Crippen LogP contribution in [0.15, 0.2) is 42.5 Å². The van der Waals surface area contributed by atoms with E-state index in [-0.39, 0.29) is 0 Å². The Bertz CT molecular complexity index is 598. The summed E-state index contributed by atoms with van der Waals surface area (Å²) in [5.41, 5.74) is 1.95. The summed E-state index contributed by atoms with van der Waals surface area (Å²) in [5.74, 6) is 0. The average molecular weight is 264 g/mol. The summed E-state index contributed by atoms with van der Waals surface area (Å²) >= 11 is 0. The van der Waals surface area contributed by atoms with Crippen molar-refractivity contribution in [1.82, 2.24) is 0 Å². The molecule has 0 atom stereocenters. The van der Waals surface area contributed by atoms with Gasteiger partial charge in [-0.15, -0.1) is 0 Å². The largest absolute Gasteiger partial charge is 0.416 e. The molecular formula is C15H11F3O. The lowest BCUT2D eigenvalue weighted by Crippen LogP contribution is -2.04. The Morgan fingerprint density at radius 3 is 2.16 bits per heavy atom. The molecule has 2 aromatic carbocycles. The van der Waals surface area contributed by atoms with Crippen molar-refractivity contribution in [2.45, 2.75) is 13.1 Å². The third-order valence-corrected chi connectivity index (χ3v) is 2.86. The zero-order valence-corrected chi connectivity index (χ0v) is 10.2. The van der Waals surface area contributed by atoms with Crippen LogP contribution in [0.4, 0.5) is 13.2 Å². The Morgan fingerprint density at radius 1 is 1.00 bits per heavy atom. The molecule has 0 bridgehead atoms. The highest BCUT2D eigenvalue weighted by molar-refractivity contribution is 5.87. The molecular weight excluding hydrogens is 253 g/mol. The summed E-state index contributed by atoms with van der Waals surface area (Å²) in [4.78, 5) is 11.0. The topological polar surface area (TPSA) is 17.1 Å². The van der Waals surface area contributed by atoms with Gasteiger partial charge in [0.25, 0.3) is 0 Å². The molecule has 0 aliphatic carbocycles. The summed E-state index contributed by atoms with van der Waals surface area (Å²) in [5, 5.41) is 0. The van der Waals surface area contributed by atoms with Gasteiger partial charge in [-0.2, -0.15) is 13.2 Å². The second kappa shape index (κ2) is 4.88. The zero-order valence-electron chi connectivity index (χ0n) is 10.2. The standard InChI is InChI=1S/C15H11F3O/c1-10-2-3-12(9-19)14(8-10)11-4-6-13(7-5-11)15(16,17)18/h2-9H,1H3. The van der Waals surface area contributed by atoms with Gasteiger partial charge < -0.3 is 0 Å². The summed E-state index contributed by atoms with van der Waals surface area (Å²) in [6.45, 7) is 1.86. The number of rotatable bonds is 2. The van der Waals surface area contributed by atoms with E-state index in [9.17, 15) is 18.0 Å². The molecule has 0 amide bonds. The van der Waals surface area contributed by atoms with Crippen molar-refractivity contribution in [3.05, 3.63) is 59.2 Å². The highest BCUT2D eigenvalue weighted by Gasteiger charge is 2.30. The van der Waals surface area contributed by atoms with Gasteiger partial charge in [0.1, 0.15) is 0 Å². The molecule has 0 heterocycles. The number of benzene rings is 2. The van der Waals surface area contributed by atoms with E-state index in [0.29, 0.717) is 23.0 Å². The van der Waals surface area contributed by atoms with Gasteiger partial charge in [0.05, 0.1) is 5.56 Å². The molecule has 0 unspecified atom stereocenters. The first-order valence-electron chi connectivity index (χ1n) is 5.65. The van der Waals surface area contributed by atoms with Crippen molar-refractivity contribution in [2.24, 2.45) is 0 Å². The molecule has 0 spiro atoms. The number of hydrogen-bond donors (Lipinski definition) is 0. The van der Waals surface area contributed by atoms with Crippen molar-refractivity contribution in [2.75, 3.05) is 0 Å². The number of alkyl halides is 3. The van der Waals surface area contributed by atoms with Crippen molar-refractivity contribution in [3.63, 3.8) is 0 Å². The monoisotopic (exact) mass is 264 g/mol. The maximum absolute atomic E-state index is 12.5. The molecule has 0 aliphatic rings. The van der Waals surface area contributed by atoms with Crippen molar-refractivity contribution in [1.29, 1.82) is 0 Å². The van der Waals surface area contributed by atoms with Crippen LogP contribution in [0.2, 0.25) is 0 Å². The number of carbonyl (C=O) groups excluding carboxylic acids is 1. The van der Waals surface area contributed by atoms with E-state index in [4.69, 9.17) is 0 Å². The van der Waals surface area contributed by atoms with Gasteiger partial charge in [-0.3, -0.25) is 4.79 Å².